The third-order valence-corrected chi connectivity index (χ3v) is 2.63. The molecule has 1 aromatic heterocycles. The van der Waals surface area contributed by atoms with E-state index in [4.69, 9.17) is 15.7 Å². The van der Waals surface area contributed by atoms with Crippen molar-refractivity contribution >= 4 is 5.84 Å². The quantitative estimate of drug-likeness (QED) is 0.383. The third-order valence-electron chi connectivity index (χ3n) is 2.63. The van der Waals surface area contributed by atoms with Gasteiger partial charge in [-0.15, -0.1) is 0 Å². The van der Waals surface area contributed by atoms with E-state index < -0.39 is 0 Å². The first-order valence-electron chi connectivity index (χ1n) is 5.81. The number of para-hydroxylation sites is 1. The Bertz CT molecular complexity index is 610. The largest absolute Gasteiger partial charge is 0.456 e. The van der Waals surface area contributed by atoms with E-state index in [1.54, 1.807) is 13.0 Å². The molecule has 5 nitrogen and oxygen atoms in total. The van der Waals surface area contributed by atoms with E-state index in [2.05, 4.69) is 10.1 Å². The Labute approximate surface area is 111 Å². The Balaban J connectivity index is 2.49. The van der Waals surface area contributed by atoms with Crippen LogP contribution in [0.1, 0.15) is 17.0 Å². The van der Waals surface area contributed by atoms with Crippen LogP contribution in [0.3, 0.4) is 0 Å². The SMILES string of the molecule is Cc1cc(Oc2ccccc2)c(/C(N)=N/O)c(C)n1. The van der Waals surface area contributed by atoms with E-state index in [-0.39, 0.29) is 5.84 Å². The van der Waals surface area contributed by atoms with Gasteiger partial charge in [0.05, 0.1) is 11.3 Å². The van der Waals surface area contributed by atoms with E-state index in [0.29, 0.717) is 22.8 Å². The molecule has 1 aromatic carbocycles. The van der Waals surface area contributed by atoms with Gasteiger partial charge in [0.25, 0.3) is 0 Å². The molecule has 0 aliphatic heterocycles. The van der Waals surface area contributed by atoms with Gasteiger partial charge >= 0.3 is 0 Å². The second-order valence-corrected chi connectivity index (χ2v) is 4.12. The number of pyridine rings is 1. The van der Waals surface area contributed by atoms with Crippen LogP contribution in [0.5, 0.6) is 11.5 Å². The van der Waals surface area contributed by atoms with Crippen LogP contribution < -0.4 is 10.5 Å². The average Bonchev–Trinajstić information content (AvgIpc) is 2.38. The van der Waals surface area contributed by atoms with Crippen molar-refractivity contribution in [3.63, 3.8) is 0 Å². The topological polar surface area (TPSA) is 80.7 Å². The molecular formula is C14H15N3O2. The Kier molecular flexibility index (Phi) is 3.66. The molecule has 2 rings (SSSR count). The number of nitrogens with two attached hydrogens (primary N) is 1. The molecule has 0 aliphatic carbocycles. The Morgan fingerprint density at radius 1 is 1.26 bits per heavy atom. The zero-order chi connectivity index (χ0) is 13.8. The van der Waals surface area contributed by atoms with Crippen LogP contribution in [-0.4, -0.2) is 16.0 Å². The summed E-state index contributed by atoms with van der Waals surface area (Å²) in [6.45, 7) is 3.65. The molecule has 3 N–H and O–H groups in total. The Hall–Kier alpha value is -2.56. The summed E-state index contributed by atoms with van der Waals surface area (Å²) < 4.78 is 5.78. The van der Waals surface area contributed by atoms with Crippen LogP contribution in [0, 0.1) is 13.8 Å². The van der Waals surface area contributed by atoms with Crippen LogP contribution in [0.15, 0.2) is 41.6 Å². The number of ether oxygens (including phenoxy) is 1. The minimum Gasteiger partial charge on any atom is -0.456 e. The highest BCUT2D eigenvalue weighted by atomic mass is 16.5. The number of amidine groups is 1. The first-order valence-corrected chi connectivity index (χ1v) is 5.81. The second-order valence-electron chi connectivity index (χ2n) is 4.12. The normalized spacial score (nSPS) is 11.4. The third kappa shape index (κ3) is 2.82. The first-order chi connectivity index (χ1) is 9.11. The van der Waals surface area contributed by atoms with Gasteiger partial charge in [0.15, 0.2) is 5.84 Å². The van der Waals surface area contributed by atoms with Crippen molar-refractivity contribution in [2.24, 2.45) is 10.9 Å². The molecule has 98 valence electrons. The van der Waals surface area contributed by atoms with Gasteiger partial charge in [0, 0.05) is 11.8 Å². The molecule has 5 heteroatoms. The fourth-order valence-corrected chi connectivity index (χ4v) is 1.85. The predicted molar refractivity (Wildman–Crippen MR) is 72.7 cm³/mol. The lowest BCUT2D eigenvalue weighted by atomic mass is 10.1. The molecule has 0 fully saturated rings. The summed E-state index contributed by atoms with van der Waals surface area (Å²) in [6.07, 6.45) is 0. The van der Waals surface area contributed by atoms with E-state index in [9.17, 15) is 0 Å². The van der Waals surface area contributed by atoms with E-state index in [1.807, 2.05) is 37.3 Å². The molecule has 0 amide bonds. The molecule has 0 aliphatic rings. The maximum Gasteiger partial charge on any atom is 0.175 e. The van der Waals surface area contributed by atoms with Gasteiger partial charge in [-0.2, -0.15) is 0 Å². The predicted octanol–water partition coefficient (Wildman–Crippen LogP) is 2.59. The van der Waals surface area contributed by atoms with Crippen LogP contribution in [0.2, 0.25) is 0 Å². The van der Waals surface area contributed by atoms with Gasteiger partial charge in [0.2, 0.25) is 0 Å². The van der Waals surface area contributed by atoms with Gasteiger partial charge in [-0.3, -0.25) is 4.98 Å². The van der Waals surface area contributed by atoms with Crippen molar-refractivity contribution in [1.82, 2.24) is 4.98 Å². The van der Waals surface area contributed by atoms with Gasteiger partial charge in [0.1, 0.15) is 11.5 Å². The van der Waals surface area contributed by atoms with Crippen molar-refractivity contribution in [2.75, 3.05) is 0 Å². The Morgan fingerprint density at radius 2 is 1.95 bits per heavy atom. The fourth-order valence-electron chi connectivity index (χ4n) is 1.85. The monoisotopic (exact) mass is 257 g/mol. The van der Waals surface area contributed by atoms with Crippen molar-refractivity contribution in [3.05, 3.63) is 53.3 Å². The Morgan fingerprint density at radius 3 is 2.58 bits per heavy atom. The molecule has 0 saturated carbocycles. The van der Waals surface area contributed by atoms with Gasteiger partial charge in [-0.1, -0.05) is 23.4 Å². The van der Waals surface area contributed by atoms with Crippen molar-refractivity contribution < 1.29 is 9.94 Å². The van der Waals surface area contributed by atoms with Crippen molar-refractivity contribution in [2.45, 2.75) is 13.8 Å². The summed E-state index contributed by atoms with van der Waals surface area (Å²) in [4.78, 5) is 4.29. The lowest BCUT2D eigenvalue weighted by Crippen LogP contribution is -2.17. The average molecular weight is 257 g/mol. The zero-order valence-electron chi connectivity index (χ0n) is 10.8. The summed E-state index contributed by atoms with van der Waals surface area (Å²) in [5.41, 5.74) is 7.63. The molecule has 2 aromatic rings. The van der Waals surface area contributed by atoms with E-state index >= 15 is 0 Å². The molecule has 1 heterocycles. The fraction of sp³-hybridized carbons (Fsp3) is 0.143. The number of hydrogen-bond acceptors (Lipinski definition) is 4. The van der Waals surface area contributed by atoms with E-state index in [0.717, 1.165) is 5.69 Å². The maximum absolute atomic E-state index is 8.85. The highest BCUT2D eigenvalue weighted by Crippen LogP contribution is 2.27. The summed E-state index contributed by atoms with van der Waals surface area (Å²) in [7, 11) is 0. The summed E-state index contributed by atoms with van der Waals surface area (Å²) >= 11 is 0. The summed E-state index contributed by atoms with van der Waals surface area (Å²) in [5.74, 6) is 1.18. The standard InChI is InChI=1S/C14H15N3O2/c1-9-8-12(19-11-6-4-3-5-7-11)13(10(2)16-9)14(15)17-18/h3-8,18H,1-2H3,(H2,15,17). The van der Waals surface area contributed by atoms with Gasteiger partial charge in [-0.25, -0.2) is 0 Å². The molecule has 0 radical (unpaired) electrons. The number of nitrogens with zero attached hydrogens (tertiary/aromatic N) is 2. The first kappa shape index (κ1) is 12.9. The molecule has 19 heavy (non-hydrogen) atoms. The summed E-state index contributed by atoms with van der Waals surface area (Å²) in [6, 6.07) is 11.1. The number of aryl methyl sites for hydroxylation is 2. The molecular weight excluding hydrogens is 242 g/mol. The molecule has 0 atom stereocenters. The maximum atomic E-state index is 8.85. The lowest BCUT2D eigenvalue weighted by molar-refractivity contribution is 0.318. The minimum atomic E-state index is -0.0177. The number of rotatable bonds is 3. The molecule has 0 spiro atoms. The number of aromatic nitrogens is 1. The lowest BCUT2D eigenvalue weighted by Gasteiger charge is -2.13. The minimum absolute atomic E-state index is 0.0177. The second kappa shape index (κ2) is 5.39. The van der Waals surface area contributed by atoms with Crippen LogP contribution in [-0.2, 0) is 0 Å². The van der Waals surface area contributed by atoms with Gasteiger partial charge in [-0.05, 0) is 26.0 Å². The van der Waals surface area contributed by atoms with Crippen molar-refractivity contribution in [3.8, 4) is 11.5 Å². The smallest absolute Gasteiger partial charge is 0.175 e. The van der Waals surface area contributed by atoms with Crippen molar-refractivity contribution in [1.29, 1.82) is 0 Å². The molecule has 0 bridgehead atoms. The zero-order valence-corrected chi connectivity index (χ0v) is 10.8. The highest BCUT2D eigenvalue weighted by molar-refractivity contribution is 6.00. The van der Waals surface area contributed by atoms with Gasteiger partial charge < -0.3 is 15.7 Å². The van der Waals surface area contributed by atoms with Crippen LogP contribution >= 0.6 is 0 Å². The van der Waals surface area contributed by atoms with Crippen LogP contribution in [0.4, 0.5) is 0 Å². The number of oxime groups is 1. The molecule has 0 unspecified atom stereocenters. The number of hydrogen-bond donors (Lipinski definition) is 2. The highest BCUT2D eigenvalue weighted by Gasteiger charge is 2.14. The summed E-state index contributed by atoms with van der Waals surface area (Å²) in [5, 5.41) is 11.9. The van der Waals surface area contributed by atoms with E-state index in [1.165, 1.54) is 0 Å². The molecule has 0 saturated heterocycles. The van der Waals surface area contributed by atoms with Crippen LogP contribution in [0.25, 0.3) is 0 Å². The number of benzene rings is 1.